The van der Waals surface area contributed by atoms with Gasteiger partial charge in [-0.05, 0) is 36.4 Å². The van der Waals surface area contributed by atoms with Crippen molar-refractivity contribution in [1.82, 2.24) is 14.8 Å². The minimum atomic E-state index is -2.54. The molecule has 0 aliphatic heterocycles. The van der Waals surface area contributed by atoms with E-state index in [1.165, 1.54) is 12.1 Å². The fourth-order valence-electron chi connectivity index (χ4n) is 3.19. The van der Waals surface area contributed by atoms with Crippen LogP contribution in [0.3, 0.4) is 0 Å². The van der Waals surface area contributed by atoms with E-state index in [0.717, 1.165) is 35.3 Å². The number of phenolic OH excluding ortho intramolecular Hbond substituents is 1. The smallest absolute Gasteiger partial charge is 0.192 e. The van der Waals surface area contributed by atoms with Gasteiger partial charge in [0.1, 0.15) is 29.6 Å². The fourth-order valence-corrected chi connectivity index (χ4v) is 3.66. The summed E-state index contributed by atoms with van der Waals surface area (Å²) in [6.45, 7) is 0. The summed E-state index contributed by atoms with van der Waals surface area (Å²) < 4.78 is 56.9. The second-order valence-electron chi connectivity index (χ2n) is 6.80. The van der Waals surface area contributed by atoms with Crippen molar-refractivity contribution in [3.63, 3.8) is 0 Å². The zero-order chi connectivity index (χ0) is 23.2. The van der Waals surface area contributed by atoms with Crippen LogP contribution in [0.25, 0.3) is 5.69 Å². The van der Waals surface area contributed by atoms with Gasteiger partial charge in [-0.1, -0.05) is 23.2 Å². The minimum Gasteiger partial charge on any atom is -0.505 e. The Bertz CT molecular complexity index is 1230. The second-order valence-corrected chi connectivity index (χ2v) is 7.61. The third kappa shape index (κ3) is 3.90. The fraction of sp³-hybridized carbons (Fsp3) is 0.0476. The Morgan fingerprint density at radius 2 is 1.19 bits per heavy atom. The van der Waals surface area contributed by atoms with E-state index in [0.29, 0.717) is 12.1 Å². The predicted octanol–water partition coefficient (Wildman–Crippen LogP) is 5.12. The summed E-state index contributed by atoms with van der Waals surface area (Å²) in [6.07, 6.45) is 1.12. The van der Waals surface area contributed by atoms with E-state index in [-0.39, 0.29) is 21.5 Å². The van der Waals surface area contributed by atoms with Gasteiger partial charge in [0, 0.05) is 23.3 Å². The Labute approximate surface area is 188 Å². The maximum absolute atomic E-state index is 13.9. The normalized spacial score (nSPS) is 11.7. The zero-order valence-corrected chi connectivity index (χ0v) is 17.2. The van der Waals surface area contributed by atoms with Gasteiger partial charge < -0.3 is 10.2 Å². The van der Waals surface area contributed by atoms with Gasteiger partial charge in [0.2, 0.25) is 0 Å². The van der Waals surface area contributed by atoms with Crippen molar-refractivity contribution in [3.8, 4) is 11.4 Å². The van der Waals surface area contributed by atoms with E-state index in [2.05, 4.69) is 10.1 Å². The van der Waals surface area contributed by atoms with Gasteiger partial charge in [-0.15, -0.1) is 5.10 Å². The highest BCUT2D eigenvalue weighted by Gasteiger charge is 2.39. The molecule has 0 saturated heterocycles. The molecule has 0 aliphatic carbocycles. The molecule has 0 fully saturated rings. The van der Waals surface area contributed by atoms with E-state index in [1.54, 1.807) is 0 Å². The summed E-state index contributed by atoms with van der Waals surface area (Å²) in [5, 5.41) is 25.2. The van der Waals surface area contributed by atoms with Gasteiger partial charge in [0.05, 0.1) is 15.7 Å². The number of halogens is 6. The first-order valence-corrected chi connectivity index (χ1v) is 9.59. The maximum Gasteiger partial charge on any atom is 0.192 e. The van der Waals surface area contributed by atoms with E-state index < -0.39 is 45.8 Å². The van der Waals surface area contributed by atoms with Crippen molar-refractivity contribution < 1.29 is 27.8 Å². The topological polar surface area (TPSA) is 71.2 Å². The summed E-state index contributed by atoms with van der Waals surface area (Å²) in [4.78, 5) is 3.98. The van der Waals surface area contributed by atoms with E-state index in [4.69, 9.17) is 23.2 Å². The van der Waals surface area contributed by atoms with Crippen molar-refractivity contribution in [3.05, 3.63) is 105 Å². The van der Waals surface area contributed by atoms with Crippen molar-refractivity contribution in [2.45, 2.75) is 5.60 Å². The highest BCUT2D eigenvalue weighted by atomic mass is 35.5. The number of benzene rings is 3. The monoisotopic (exact) mass is 483 g/mol. The standard InChI is InChI=1S/C21H11Cl2F4N3O2/c22-17-7-16(8-18(23)19(17)31)30-9-28-20(29-30)21(32,10-1-12(24)5-13(25)2-10)11-3-14(26)6-15(27)4-11/h1-9,31-32H. The Kier molecular flexibility index (Phi) is 5.58. The van der Waals surface area contributed by atoms with Crippen LogP contribution in [-0.2, 0) is 5.60 Å². The molecule has 0 aliphatic rings. The van der Waals surface area contributed by atoms with Crippen LogP contribution in [-0.4, -0.2) is 25.0 Å². The molecule has 0 unspecified atom stereocenters. The molecule has 164 valence electrons. The molecule has 0 atom stereocenters. The number of hydrogen-bond donors (Lipinski definition) is 2. The van der Waals surface area contributed by atoms with Gasteiger partial charge in [-0.3, -0.25) is 0 Å². The lowest BCUT2D eigenvalue weighted by Crippen LogP contribution is -2.31. The lowest BCUT2D eigenvalue weighted by atomic mass is 9.85. The first kappa shape index (κ1) is 22.1. The molecular formula is C21H11Cl2F4N3O2. The van der Waals surface area contributed by atoms with Gasteiger partial charge in [-0.2, -0.15) is 0 Å². The van der Waals surface area contributed by atoms with Crippen LogP contribution in [0, 0.1) is 23.3 Å². The van der Waals surface area contributed by atoms with Crippen LogP contribution in [0.5, 0.6) is 5.75 Å². The molecule has 4 rings (SSSR count). The molecule has 5 nitrogen and oxygen atoms in total. The van der Waals surface area contributed by atoms with Crippen LogP contribution in [0.15, 0.2) is 54.9 Å². The first-order chi connectivity index (χ1) is 15.1. The molecule has 0 spiro atoms. The van der Waals surface area contributed by atoms with Gasteiger partial charge in [0.15, 0.2) is 17.2 Å². The molecule has 1 aromatic heterocycles. The van der Waals surface area contributed by atoms with Crippen molar-refractivity contribution in [1.29, 1.82) is 0 Å². The molecule has 0 radical (unpaired) electrons. The molecule has 1 heterocycles. The number of hydrogen-bond acceptors (Lipinski definition) is 4. The third-order valence-electron chi connectivity index (χ3n) is 4.64. The Morgan fingerprint density at radius 3 is 1.62 bits per heavy atom. The first-order valence-electron chi connectivity index (χ1n) is 8.84. The van der Waals surface area contributed by atoms with E-state index in [9.17, 15) is 27.8 Å². The lowest BCUT2D eigenvalue weighted by molar-refractivity contribution is 0.114. The van der Waals surface area contributed by atoms with Gasteiger partial charge in [0.25, 0.3) is 0 Å². The zero-order valence-electron chi connectivity index (χ0n) is 15.7. The second kappa shape index (κ2) is 8.09. The van der Waals surface area contributed by atoms with Crippen LogP contribution < -0.4 is 0 Å². The predicted molar refractivity (Wildman–Crippen MR) is 108 cm³/mol. The van der Waals surface area contributed by atoms with E-state index >= 15 is 0 Å². The largest absolute Gasteiger partial charge is 0.505 e. The van der Waals surface area contributed by atoms with Crippen molar-refractivity contribution in [2.75, 3.05) is 0 Å². The number of nitrogens with zero attached hydrogens (tertiary/aromatic N) is 3. The lowest BCUT2D eigenvalue weighted by Gasteiger charge is -2.26. The summed E-state index contributed by atoms with van der Waals surface area (Å²) in [6, 6.07) is 6.91. The van der Waals surface area contributed by atoms with Crippen LogP contribution in [0.4, 0.5) is 17.6 Å². The number of aromatic nitrogens is 3. The SMILES string of the molecule is Oc1c(Cl)cc(-n2cnc(C(O)(c3cc(F)cc(F)c3)c3cc(F)cc(F)c3)n2)cc1Cl. The maximum atomic E-state index is 13.9. The Hall–Kier alpha value is -3.14. The number of aromatic hydroxyl groups is 1. The summed E-state index contributed by atoms with van der Waals surface area (Å²) in [7, 11) is 0. The molecule has 0 bridgehead atoms. The summed E-state index contributed by atoms with van der Waals surface area (Å²) >= 11 is 11.8. The average Bonchev–Trinajstić information content (AvgIpc) is 3.20. The molecule has 32 heavy (non-hydrogen) atoms. The number of phenols is 1. The van der Waals surface area contributed by atoms with Crippen LogP contribution >= 0.6 is 23.2 Å². The summed E-state index contributed by atoms with van der Waals surface area (Å²) in [5.74, 6) is -4.95. The van der Waals surface area contributed by atoms with E-state index in [1.807, 2.05) is 0 Å². The molecule has 0 amide bonds. The highest BCUT2D eigenvalue weighted by molar-refractivity contribution is 6.37. The highest BCUT2D eigenvalue weighted by Crippen LogP contribution is 2.37. The van der Waals surface area contributed by atoms with Crippen molar-refractivity contribution >= 4 is 23.2 Å². The molecule has 11 heteroatoms. The quantitative estimate of drug-likeness (QED) is 0.395. The molecule has 2 N–H and O–H groups in total. The molecule has 0 saturated carbocycles. The third-order valence-corrected chi connectivity index (χ3v) is 5.22. The molecule has 4 aromatic rings. The van der Waals surface area contributed by atoms with Crippen LogP contribution in [0.1, 0.15) is 17.0 Å². The Morgan fingerprint density at radius 1 is 0.750 bits per heavy atom. The molecule has 3 aromatic carbocycles. The minimum absolute atomic E-state index is 0.0979. The number of rotatable bonds is 4. The van der Waals surface area contributed by atoms with Gasteiger partial charge in [-0.25, -0.2) is 27.2 Å². The average molecular weight is 484 g/mol. The van der Waals surface area contributed by atoms with Crippen molar-refractivity contribution in [2.24, 2.45) is 0 Å². The summed E-state index contributed by atoms with van der Waals surface area (Å²) in [5.41, 5.74) is -3.13. The Balaban J connectivity index is 1.94. The molecular weight excluding hydrogens is 473 g/mol. The number of aliphatic hydroxyl groups is 1. The van der Waals surface area contributed by atoms with Gasteiger partial charge >= 0.3 is 0 Å². The van der Waals surface area contributed by atoms with Crippen LogP contribution in [0.2, 0.25) is 10.0 Å².